The van der Waals surface area contributed by atoms with Gasteiger partial charge in [-0.15, -0.1) is 0 Å². The van der Waals surface area contributed by atoms with Crippen molar-refractivity contribution in [1.82, 2.24) is 25.7 Å². The van der Waals surface area contributed by atoms with Crippen LogP contribution in [0.5, 0.6) is 0 Å². The number of methoxy groups -OCH3 is 1. The van der Waals surface area contributed by atoms with Crippen molar-refractivity contribution < 1.29 is 14.3 Å². The molecule has 1 aromatic heterocycles. The largest absolute Gasteiger partial charge is 0.383 e. The fourth-order valence-electron chi connectivity index (χ4n) is 3.07. The zero-order valence-corrected chi connectivity index (χ0v) is 15.4. The number of amides is 3. The van der Waals surface area contributed by atoms with Gasteiger partial charge in [0.25, 0.3) is 5.91 Å². The van der Waals surface area contributed by atoms with Gasteiger partial charge in [0, 0.05) is 32.3 Å². The molecule has 27 heavy (non-hydrogen) atoms. The Morgan fingerprint density at radius 1 is 1.22 bits per heavy atom. The molecule has 144 valence electrons. The number of urea groups is 1. The van der Waals surface area contributed by atoms with Gasteiger partial charge in [0.1, 0.15) is 5.69 Å². The molecule has 3 amide bonds. The van der Waals surface area contributed by atoms with Gasteiger partial charge in [-0.05, 0) is 18.1 Å². The van der Waals surface area contributed by atoms with E-state index in [9.17, 15) is 9.59 Å². The predicted molar refractivity (Wildman–Crippen MR) is 101 cm³/mol. The molecule has 0 spiro atoms. The van der Waals surface area contributed by atoms with Crippen LogP contribution in [0.25, 0.3) is 0 Å². The molecule has 8 heteroatoms. The summed E-state index contributed by atoms with van der Waals surface area (Å²) < 4.78 is 6.68. The second-order valence-corrected chi connectivity index (χ2v) is 6.49. The Morgan fingerprint density at radius 3 is 2.78 bits per heavy atom. The zero-order valence-electron chi connectivity index (χ0n) is 15.4. The minimum absolute atomic E-state index is 0.0187. The first-order valence-corrected chi connectivity index (χ1v) is 9.08. The number of hydrogen-bond acceptors (Lipinski definition) is 4. The second kappa shape index (κ2) is 9.18. The van der Waals surface area contributed by atoms with Crippen LogP contribution in [-0.2, 0) is 24.1 Å². The van der Waals surface area contributed by atoms with Crippen molar-refractivity contribution >= 4 is 11.9 Å². The molecule has 0 aliphatic carbocycles. The molecule has 0 saturated heterocycles. The topological polar surface area (TPSA) is 97.3 Å². The van der Waals surface area contributed by atoms with Crippen LogP contribution in [0.1, 0.15) is 21.7 Å². The highest BCUT2D eigenvalue weighted by molar-refractivity contribution is 5.92. The summed E-state index contributed by atoms with van der Waals surface area (Å²) in [6, 6.07) is 11.6. The summed E-state index contributed by atoms with van der Waals surface area (Å²) in [5, 5.41) is 12.9. The number of ether oxygens (including phenoxy) is 1. The Hall–Kier alpha value is -2.87. The van der Waals surface area contributed by atoms with E-state index in [1.54, 1.807) is 17.9 Å². The van der Waals surface area contributed by atoms with E-state index in [0.717, 1.165) is 12.1 Å². The van der Waals surface area contributed by atoms with Crippen LogP contribution in [0.2, 0.25) is 0 Å². The van der Waals surface area contributed by atoms with Gasteiger partial charge in [0.05, 0.1) is 19.2 Å². The lowest BCUT2D eigenvalue weighted by Gasteiger charge is -2.13. The number of rotatable bonds is 8. The smallest absolute Gasteiger partial charge is 0.315 e. The summed E-state index contributed by atoms with van der Waals surface area (Å²) in [7, 11) is 1.59. The molecule has 8 nitrogen and oxygen atoms in total. The first kappa shape index (κ1) is 18.9. The van der Waals surface area contributed by atoms with Gasteiger partial charge in [0.15, 0.2) is 0 Å². The minimum Gasteiger partial charge on any atom is -0.383 e. The highest BCUT2D eigenvalue weighted by Crippen LogP contribution is 2.16. The van der Waals surface area contributed by atoms with Gasteiger partial charge in [-0.3, -0.25) is 9.48 Å². The van der Waals surface area contributed by atoms with Crippen LogP contribution in [0, 0.1) is 0 Å². The van der Waals surface area contributed by atoms with Crippen molar-refractivity contribution in [2.45, 2.75) is 25.4 Å². The molecule has 3 rings (SSSR count). The molecule has 0 unspecified atom stereocenters. The van der Waals surface area contributed by atoms with Gasteiger partial charge < -0.3 is 20.7 Å². The minimum atomic E-state index is -0.211. The highest BCUT2D eigenvalue weighted by atomic mass is 16.5. The molecular formula is C19H25N5O3. The molecule has 1 atom stereocenters. The number of carbonyl (C=O) groups excluding carboxylic acids is 2. The molecule has 0 fully saturated rings. The van der Waals surface area contributed by atoms with E-state index < -0.39 is 0 Å². The van der Waals surface area contributed by atoms with Crippen LogP contribution in [0.3, 0.4) is 0 Å². The van der Waals surface area contributed by atoms with Crippen molar-refractivity contribution in [1.29, 1.82) is 0 Å². The Labute approximate surface area is 158 Å². The summed E-state index contributed by atoms with van der Waals surface area (Å²) >= 11 is 0. The Balaban J connectivity index is 1.40. The number of nitrogens with one attached hydrogen (secondary N) is 3. The van der Waals surface area contributed by atoms with E-state index in [0.29, 0.717) is 38.4 Å². The van der Waals surface area contributed by atoms with Crippen LogP contribution in [0.15, 0.2) is 36.4 Å². The van der Waals surface area contributed by atoms with E-state index in [1.807, 2.05) is 30.3 Å². The van der Waals surface area contributed by atoms with E-state index >= 15 is 0 Å². The summed E-state index contributed by atoms with van der Waals surface area (Å²) in [6.07, 6.45) is 1.45. The number of carbonyl (C=O) groups is 2. The number of nitrogens with zero attached hydrogens (tertiary/aromatic N) is 2. The van der Waals surface area contributed by atoms with Crippen molar-refractivity contribution in [2.24, 2.45) is 0 Å². The fourth-order valence-corrected chi connectivity index (χ4v) is 3.07. The molecule has 2 aromatic rings. The Bertz CT molecular complexity index is 751. The number of aromatic nitrogens is 2. The van der Waals surface area contributed by atoms with Crippen molar-refractivity contribution in [3.8, 4) is 0 Å². The number of fused-ring (bicyclic) bond motifs is 1. The molecule has 1 aromatic carbocycles. The summed E-state index contributed by atoms with van der Waals surface area (Å²) in [4.78, 5) is 24.1. The van der Waals surface area contributed by atoms with E-state index in [4.69, 9.17) is 4.74 Å². The van der Waals surface area contributed by atoms with Crippen molar-refractivity contribution in [3.63, 3.8) is 0 Å². The monoisotopic (exact) mass is 371 g/mol. The van der Waals surface area contributed by atoms with Crippen LogP contribution >= 0.6 is 0 Å². The van der Waals surface area contributed by atoms with Gasteiger partial charge >= 0.3 is 6.03 Å². The summed E-state index contributed by atoms with van der Waals surface area (Å²) in [6.45, 7) is 2.06. The van der Waals surface area contributed by atoms with Gasteiger partial charge in [0.2, 0.25) is 0 Å². The lowest BCUT2D eigenvalue weighted by atomic mass is 10.1. The summed E-state index contributed by atoms with van der Waals surface area (Å²) in [5.74, 6) is -0.211. The number of benzene rings is 1. The Kier molecular flexibility index (Phi) is 6.43. The van der Waals surface area contributed by atoms with Crippen molar-refractivity contribution in [3.05, 3.63) is 53.3 Å². The molecule has 0 saturated carbocycles. The second-order valence-electron chi connectivity index (χ2n) is 6.49. The quantitative estimate of drug-likeness (QED) is 0.596. The SMILES string of the molecule is COCCNC(=O)c1cc2n(n1)C[C@@H](NC(=O)NCCc1ccccc1)C2. The molecule has 0 radical (unpaired) electrons. The van der Waals surface area contributed by atoms with Gasteiger partial charge in [-0.2, -0.15) is 5.10 Å². The third-order valence-electron chi connectivity index (χ3n) is 4.41. The first-order valence-electron chi connectivity index (χ1n) is 9.08. The standard InChI is InChI=1S/C19H25N5O3/c1-27-10-9-20-18(25)17-12-16-11-15(13-24(16)23-17)22-19(26)21-8-7-14-5-3-2-4-6-14/h2-6,12,15H,7-11,13H2,1H3,(H,20,25)(H2,21,22,26)/t15-/m0/s1. The zero-order chi connectivity index (χ0) is 19.1. The fraction of sp³-hybridized carbons (Fsp3) is 0.421. The molecule has 1 aliphatic rings. The van der Waals surface area contributed by atoms with Gasteiger partial charge in [-0.25, -0.2) is 4.79 Å². The third kappa shape index (κ3) is 5.30. The summed E-state index contributed by atoms with van der Waals surface area (Å²) in [5.41, 5.74) is 2.53. The average molecular weight is 371 g/mol. The van der Waals surface area contributed by atoms with E-state index in [2.05, 4.69) is 21.0 Å². The maximum atomic E-state index is 12.1. The molecular weight excluding hydrogens is 346 g/mol. The molecule has 3 N–H and O–H groups in total. The van der Waals surface area contributed by atoms with Crippen molar-refractivity contribution in [2.75, 3.05) is 26.8 Å². The van der Waals surface area contributed by atoms with E-state index in [1.165, 1.54) is 5.56 Å². The van der Waals surface area contributed by atoms with Crippen LogP contribution in [-0.4, -0.2) is 54.6 Å². The molecule has 2 heterocycles. The predicted octanol–water partition coefficient (Wildman–Crippen LogP) is 0.726. The highest BCUT2D eigenvalue weighted by Gasteiger charge is 2.26. The van der Waals surface area contributed by atoms with Crippen LogP contribution < -0.4 is 16.0 Å². The maximum absolute atomic E-state index is 12.1. The van der Waals surface area contributed by atoms with E-state index in [-0.39, 0.29) is 18.0 Å². The Morgan fingerprint density at radius 2 is 2.04 bits per heavy atom. The number of hydrogen-bond donors (Lipinski definition) is 3. The van der Waals surface area contributed by atoms with Gasteiger partial charge in [-0.1, -0.05) is 30.3 Å². The van der Waals surface area contributed by atoms with Crippen LogP contribution in [0.4, 0.5) is 4.79 Å². The third-order valence-corrected chi connectivity index (χ3v) is 4.41. The lowest BCUT2D eigenvalue weighted by molar-refractivity contribution is 0.0931. The molecule has 0 bridgehead atoms. The molecule has 1 aliphatic heterocycles. The normalized spacial score (nSPS) is 15.2. The first-order chi connectivity index (χ1) is 13.2. The lowest BCUT2D eigenvalue weighted by Crippen LogP contribution is -2.43. The average Bonchev–Trinajstić information content (AvgIpc) is 3.21. The maximum Gasteiger partial charge on any atom is 0.315 e.